The molecule has 5 heteroatoms. The number of aryl methyl sites for hydroxylation is 1. The van der Waals surface area contributed by atoms with Crippen molar-refractivity contribution in [1.29, 1.82) is 0 Å². The fourth-order valence-electron chi connectivity index (χ4n) is 3.35. The van der Waals surface area contributed by atoms with E-state index in [0.717, 1.165) is 12.1 Å². The van der Waals surface area contributed by atoms with Gasteiger partial charge in [-0.3, -0.25) is 0 Å². The molecule has 0 aliphatic carbocycles. The van der Waals surface area contributed by atoms with Gasteiger partial charge in [0.2, 0.25) is 5.89 Å². The van der Waals surface area contributed by atoms with E-state index < -0.39 is 0 Å². The Balaban J connectivity index is 1.63. The number of benzene rings is 2. The third-order valence-corrected chi connectivity index (χ3v) is 4.74. The van der Waals surface area contributed by atoms with E-state index in [0.29, 0.717) is 11.7 Å². The summed E-state index contributed by atoms with van der Waals surface area (Å²) in [5.74, 6) is 1.50. The molecule has 2 aromatic carbocycles. The molecular formula is C21H22N4O. The van der Waals surface area contributed by atoms with Crippen LogP contribution in [0.5, 0.6) is 0 Å². The van der Waals surface area contributed by atoms with Crippen LogP contribution in [0.4, 0.5) is 0 Å². The van der Waals surface area contributed by atoms with Gasteiger partial charge in [-0.15, -0.1) is 0 Å². The number of nitrogens with zero attached hydrogens (tertiary/aromatic N) is 2. The predicted octanol–water partition coefficient (Wildman–Crippen LogP) is 4.34. The Morgan fingerprint density at radius 1 is 1.08 bits per heavy atom. The largest absolute Gasteiger partial charge is 0.361 e. The average molecular weight is 346 g/mol. The van der Waals surface area contributed by atoms with Gasteiger partial charge >= 0.3 is 0 Å². The van der Waals surface area contributed by atoms with Gasteiger partial charge < -0.3 is 14.8 Å². The van der Waals surface area contributed by atoms with Crippen LogP contribution in [0.2, 0.25) is 0 Å². The van der Waals surface area contributed by atoms with Crippen molar-refractivity contribution in [2.45, 2.75) is 25.8 Å². The molecular weight excluding hydrogens is 324 g/mol. The van der Waals surface area contributed by atoms with Crippen molar-refractivity contribution in [1.82, 2.24) is 20.4 Å². The van der Waals surface area contributed by atoms with E-state index >= 15 is 0 Å². The van der Waals surface area contributed by atoms with Gasteiger partial charge in [-0.2, -0.15) is 4.98 Å². The standard InChI is InChI=1S/C21H22N4O/c1-14(21-24-15(2)25-26-21)22-12-18(16-8-4-3-5-9-16)19-13-23-20-11-7-6-10-17(19)20/h3-11,13-14,18,22-23H,12H2,1-2H3/t14-,18+/m1/s1. The summed E-state index contributed by atoms with van der Waals surface area (Å²) in [5, 5.41) is 8.69. The van der Waals surface area contributed by atoms with Gasteiger partial charge in [0.15, 0.2) is 5.82 Å². The number of para-hydroxylation sites is 1. The number of hydrogen-bond acceptors (Lipinski definition) is 4. The quantitative estimate of drug-likeness (QED) is 0.545. The Morgan fingerprint density at radius 3 is 2.62 bits per heavy atom. The molecule has 0 saturated carbocycles. The Morgan fingerprint density at radius 2 is 1.85 bits per heavy atom. The van der Waals surface area contributed by atoms with E-state index in [1.807, 2.05) is 19.9 Å². The lowest BCUT2D eigenvalue weighted by atomic mass is 9.90. The molecule has 4 aromatic rings. The van der Waals surface area contributed by atoms with Crippen molar-refractivity contribution >= 4 is 10.9 Å². The highest BCUT2D eigenvalue weighted by Gasteiger charge is 2.20. The van der Waals surface area contributed by atoms with Crippen molar-refractivity contribution in [3.8, 4) is 0 Å². The molecule has 132 valence electrons. The molecule has 0 amide bonds. The number of H-pyrrole nitrogens is 1. The number of aromatic nitrogens is 3. The zero-order chi connectivity index (χ0) is 17.9. The maximum Gasteiger partial charge on any atom is 0.243 e. The molecule has 5 nitrogen and oxygen atoms in total. The second kappa shape index (κ2) is 7.14. The fourth-order valence-corrected chi connectivity index (χ4v) is 3.35. The highest BCUT2D eigenvalue weighted by atomic mass is 16.5. The highest BCUT2D eigenvalue weighted by molar-refractivity contribution is 5.84. The first-order valence-corrected chi connectivity index (χ1v) is 8.87. The molecule has 2 aromatic heterocycles. The van der Waals surface area contributed by atoms with Crippen LogP contribution < -0.4 is 5.32 Å². The lowest BCUT2D eigenvalue weighted by Crippen LogP contribution is -2.25. The molecule has 0 aliphatic heterocycles. The second-order valence-electron chi connectivity index (χ2n) is 6.56. The SMILES string of the molecule is Cc1noc([C@@H](C)NC[C@@H](c2ccccc2)c2c[nH]c3ccccc23)n1. The first-order valence-electron chi connectivity index (χ1n) is 8.87. The normalized spacial score (nSPS) is 13.8. The molecule has 0 bridgehead atoms. The minimum absolute atomic E-state index is 0.00683. The molecule has 26 heavy (non-hydrogen) atoms. The molecule has 0 spiro atoms. The van der Waals surface area contributed by atoms with Crippen molar-refractivity contribution in [3.63, 3.8) is 0 Å². The van der Waals surface area contributed by atoms with Crippen molar-refractivity contribution < 1.29 is 4.52 Å². The topological polar surface area (TPSA) is 66.7 Å². The van der Waals surface area contributed by atoms with E-state index in [-0.39, 0.29) is 12.0 Å². The first-order chi connectivity index (χ1) is 12.7. The predicted molar refractivity (Wildman–Crippen MR) is 102 cm³/mol. The minimum Gasteiger partial charge on any atom is -0.361 e. The van der Waals surface area contributed by atoms with Gasteiger partial charge in [0.05, 0.1) is 6.04 Å². The summed E-state index contributed by atoms with van der Waals surface area (Å²) < 4.78 is 5.30. The summed E-state index contributed by atoms with van der Waals surface area (Å²) in [4.78, 5) is 7.72. The first kappa shape index (κ1) is 16.5. The molecule has 0 saturated heterocycles. The highest BCUT2D eigenvalue weighted by Crippen LogP contribution is 2.31. The van der Waals surface area contributed by atoms with Gasteiger partial charge in [0.25, 0.3) is 0 Å². The maximum atomic E-state index is 5.30. The molecule has 0 unspecified atom stereocenters. The van der Waals surface area contributed by atoms with Gasteiger partial charge in [-0.1, -0.05) is 53.7 Å². The number of fused-ring (bicyclic) bond motifs is 1. The molecule has 2 heterocycles. The van der Waals surface area contributed by atoms with E-state index in [9.17, 15) is 0 Å². The Bertz CT molecular complexity index is 989. The zero-order valence-corrected chi connectivity index (χ0v) is 14.9. The molecule has 0 fully saturated rings. The third-order valence-electron chi connectivity index (χ3n) is 4.74. The third kappa shape index (κ3) is 3.26. The number of hydrogen-bond donors (Lipinski definition) is 2. The summed E-state index contributed by atoms with van der Waals surface area (Å²) in [6, 6.07) is 19.0. The lowest BCUT2D eigenvalue weighted by Gasteiger charge is -2.20. The summed E-state index contributed by atoms with van der Waals surface area (Å²) in [7, 11) is 0. The smallest absolute Gasteiger partial charge is 0.243 e. The molecule has 2 N–H and O–H groups in total. The van der Waals surface area contributed by atoms with Crippen LogP contribution in [0.15, 0.2) is 65.3 Å². The van der Waals surface area contributed by atoms with Crippen molar-refractivity contribution in [2.75, 3.05) is 6.54 Å². The van der Waals surface area contributed by atoms with Crippen LogP contribution in [0.1, 0.15) is 41.7 Å². The van der Waals surface area contributed by atoms with E-state index in [4.69, 9.17) is 4.52 Å². The summed E-state index contributed by atoms with van der Waals surface area (Å²) in [6.45, 7) is 4.65. The Labute approximate surface area is 152 Å². The maximum absolute atomic E-state index is 5.30. The van der Waals surface area contributed by atoms with Gasteiger partial charge in [0, 0.05) is 29.6 Å². The second-order valence-corrected chi connectivity index (χ2v) is 6.56. The Kier molecular flexibility index (Phi) is 4.54. The van der Waals surface area contributed by atoms with Crippen molar-refractivity contribution in [3.05, 3.63) is 83.6 Å². The summed E-state index contributed by atoms with van der Waals surface area (Å²) >= 11 is 0. The molecule has 0 aliphatic rings. The van der Waals surface area contributed by atoms with Crippen molar-refractivity contribution in [2.24, 2.45) is 0 Å². The van der Waals surface area contributed by atoms with Crippen LogP contribution >= 0.6 is 0 Å². The number of aromatic amines is 1. The molecule has 2 atom stereocenters. The Hall–Kier alpha value is -2.92. The van der Waals surface area contributed by atoms with E-state index in [1.54, 1.807) is 0 Å². The number of nitrogens with one attached hydrogen (secondary N) is 2. The van der Waals surface area contributed by atoms with E-state index in [1.165, 1.54) is 16.5 Å². The fraction of sp³-hybridized carbons (Fsp3) is 0.238. The molecule has 4 rings (SSSR count). The van der Waals surface area contributed by atoms with Crippen LogP contribution in [0.25, 0.3) is 10.9 Å². The molecule has 0 radical (unpaired) electrons. The summed E-state index contributed by atoms with van der Waals surface area (Å²) in [6.07, 6.45) is 2.12. The van der Waals surface area contributed by atoms with Crippen LogP contribution in [0.3, 0.4) is 0 Å². The van der Waals surface area contributed by atoms with Gasteiger partial charge in [0.1, 0.15) is 0 Å². The number of rotatable bonds is 6. The lowest BCUT2D eigenvalue weighted by molar-refractivity contribution is 0.336. The zero-order valence-electron chi connectivity index (χ0n) is 14.9. The van der Waals surface area contributed by atoms with Gasteiger partial charge in [-0.05, 0) is 31.0 Å². The summed E-state index contributed by atoms with van der Waals surface area (Å²) in [5.41, 5.74) is 3.72. The van der Waals surface area contributed by atoms with Crippen LogP contribution in [-0.4, -0.2) is 21.7 Å². The minimum atomic E-state index is -0.00683. The van der Waals surface area contributed by atoms with E-state index in [2.05, 4.69) is 75.2 Å². The monoisotopic (exact) mass is 346 g/mol. The van der Waals surface area contributed by atoms with Crippen LogP contribution in [-0.2, 0) is 0 Å². The van der Waals surface area contributed by atoms with Crippen LogP contribution in [0, 0.1) is 6.92 Å². The average Bonchev–Trinajstić information content (AvgIpc) is 3.29. The van der Waals surface area contributed by atoms with Gasteiger partial charge in [-0.25, -0.2) is 0 Å².